The minimum Gasteiger partial charge on any atom is -0.491 e. The fourth-order valence-electron chi connectivity index (χ4n) is 5.46. The Balaban J connectivity index is 1.48. The van der Waals surface area contributed by atoms with Crippen molar-refractivity contribution in [3.05, 3.63) is 64.2 Å². The van der Waals surface area contributed by atoms with Gasteiger partial charge in [0, 0.05) is 37.0 Å². The highest BCUT2D eigenvalue weighted by molar-refractivity contribution is 6.30. The lowest BCUT2D eigenvalue weighted by Crippen LogP contribution is -2.34. The van der Waals surface area contributed by atoms with E-state index in [0.717, 1.165) is 23.2 Å². The zero-order valence-corrected chi connectivity index (χ0v) is 22.1. The van der Waals surface area contributed by atoms with Crippen molar-refractivity contribution in [2.75, 3.05) is 19.7 Å². The zero-order valence-electron chi connectivity index (χ0n) is 21.3. The molecule has 0 aromatic heterocycles. The van der Waals surface area contributed by atoms with Gasteiger partial charge >= 0.3 is 5.97 Å². The molecule has 8 heteroatoms. The number of halogens is 1. The second-order valence-electron chi connectivity index (χ2n) is 10.1. The average molecular weight is 527 g/mol. The Kier molecular flexibility index (Phi) is 9.22. The van der Waals surface area contributed by atoms with Crippen LogP contribution in [-0.4, -0.2) is 52.4 Å². The molecule has 2 aliphatic rings. The molecule has 1 aliphatic heterocycles. The molecule has 1 heterocycles. The molecular formula is C29H35ClN2O5. The number of hydrogen-bond acceptors (Lipinski definition) is 5. The number of amides is 2. The quantitative estimate of drug-likeness (QED) is 0.373. The number of likely N-dealkylation sites (tertiary alicyclic amines) is 1. The maximum absolute atomic E-state index is 11.9. The van der Waals surface area contributed by atoms with Crippen LogP contribution < -0.4 is 4.74 Å². The van der Waals surface area contributed by atoms with Gasteiger partial charge in [-0.2, -0.15) is 0 Å². The smallest absolute Gasteiger partial charge is 0.305 e. The number of hydrogen-bond donors (Lipinski definition) is 1. The topological polar surface area (TPSA) is 87.2 Å². The van der Waals surface area contributed by atoms with Crippen LogP contribution >= 0.6 is 11.6 Å². The van der Waals surface area contributed by atoms with Gasteiger partial charge in [-0.1, -0.05) is 48.7 Å². The molecule has 1 atom stereocenters. The summed E-state index contributed by atoms with van der Waals surface area (Å²) >= 11 is 6.11. The summed E-state index contributed by atoms with van der Waals surface area (Å²) in [7, 11) is 0. The number of nitrogens with zero attached hydrogens (tertiary/aromatic N) is 2. The molecule has 2 fully saturated rings. The predicted octanol–water partition coefficient (Wildman–Crippen LogP) is 5.38. The van der Waals surface area contributed by atoms with Gasteiger partial charge in [-0.3, -0.25) is 24.2 Å². The van der Waals surface area contributed by atoms with Crippen LogP contribution in [0.2, 0.25) is 5.02 Å². The number of imide groups is 1. The third-order valence-electron chi connectivity index (χ3n) is 7.38. The first kappa shape index (κ1) is 27.1. The van der Waals surface area contributed by atoms with Gasteiger partial charge in [0.1, 0.15) is 12.4 Å². The van der Waals surface area contributed by atoms with Crippen molar-refractivity contribution in [1.29, 1.82) is 0 Å². The molecule has 7 nitrogen and oxygen atoms in total. The monoisotopic (exact) mass is 526 g/mol. The van der Waals surface area contributed by atoms with E-state index in [2.05, 4.69) is 11.0 Å². The van der Waals surface area contributed by atoms with Crippen LogP contribution in [0, 0.1) is 12.8 Å². The predicted molar refractivity (Wildman–Crippen MR) is 141 cm³/mol. The van der Waals surface area contributed by atoms with Gasteiger partial charge in [0.2, 0.25) is 11.8 Å². The number of rotatable bonds is 12. The minimum atomic E-state index is -0.828. The first-order valence-corrected chi connectivity index (χ1v) is 13.4. The summed E-state index contributed by atoms with van der Waals surface area (Å²) in [4.78, 5) is 39.0. The lowest BCUT2D eigenvalue weighted by atomic mass is 9.98. The summed E-state index contributed by atoms with van der Waals surface area (Å²) in [6.07, 6.45) is 5.37. The molecule has 0 unspecified atom stereocenters. The maximum Gasteiger partial charge on any atom is 0.305 e. The third-order valence-corrected chi connectivity index (χ3v) is 7.64. The number of carboxylic acid groups (broad SMARTS) is 1. The average Bonchev–Trinajstić information content (AvgIpc) is 3.49. The molecule has 1 N–H and O–H groups in total. The van der Waals surface area contributed by atoms with Crippen LogP contribution in [0.3, 0.4) is 0 Å². The Labute approximate surface area is 223 Å². The van der Waals surface area contributed by atoms with E-state index >= 15 is 0 Å². The van der Waals surface area contributed by atoms with Crippen molar-refractivity contribution in [1.82, 2.24) is 9.80 Å². The Hall–Kier alpha value is -2.90. The van der Waals surface area contributed by atoms with Crippen molar-refractivity contribution in [2.45, 2.75) is 64.5 Å². The molecule has 2 aromatic rings. The van der Waals surface area contributed by atoms with Crippen molar-refractivity contribution >= 4 is 29.4 Å². The van der Waals surface area contributed by atoms with Gasteiger partial charge in [-0.15, -0.1) is 0 Å². The fraction of sp³-hybridized carbons (Fsp3) is 0.483. The molecular weight excluding hydrogens is 492 g/mol. The highest BCUT2D eigenvalue weighted by Crippen LogP contribution is 2.33. The number of carboxylic acids is 1. The molecule has 0 radical (unpaired) electrons. The van der Waals surface area contributed by atoms with Gasteiger partial charge in [0.25, 0.3) is 0 Å². The van der Waals surface area contributed by atoms with Crippen LogP contribution in [0.5, 0.6) is 5.75 Å². The Bertz CT molecular complexity index is 1100. The number of ether oxygens (including phenoxy) is 1. The Morgan fingerprint density at radius 2 is 1.78 bits per heavy atom. The Morgan fingerprint density at radius 3 is 2.41 bits per heavy atom. The summed E-state index contributed by atoms with van der Waals surface area (Å²) in [5, 5.41) is 10.4. The molecule has 4 rings (SSSR count). The van der Waals surface area contributed by atoms with E-state index in [0.29, 0.717) is 23.2 Å². The first-order chi connectivity index (χ1) is 17.8. The van der Waals surface area contributed by atoms with E-state index < -0.39 is 5.97 Å². The molecule has 0 spiro atoms. The van der Waals surface area contributed by atoms with Crippen molar-refractivity contribution in [2.24, 2.45) is 5.92 Å². The number of aliphatic carboxylic acids is 1. The Morgan fingerprint density at radius 1 is 1.11 bits per heavy atom. The van der Waals surface area contributed by atoms with E-state index in [1.54, 1.807) is 0 Å². The van der Waals surface area contributed by atoms with E-state index in [-0.39, 0.29) is 50.3 Å². The largest absolute Gasteiger partial charge is 0.491 e. The normalized spacial score (nSPS) is 17.1. The highest BCUT2D eigenvalue weighted by atomic mass is 35.5. The highest BCUT2D eigenvalue weighted by Gasteiger charge is 2.29. The molecule has 1 aliphatic carbocycles. The summed E-state index contributed by atoms with van der Waals surface area (Å²) in [6, 6.07) is 13.2. The summed E-state index contributed by atoms with van der Waals surface area (Å²) in [6.45, 7) is 3.94. The number of carbonyl (C=O) groups excluding carboxylic acids is 2. The number of aryl methyl sites for hydroxylation is 1. The van der Waals surface area contributed by atoms with E-state index in [4.69, 9.17) is 16.3 Å². The van der Waals surface area contributed by atoms with E-state index in [9.17, 15) is 19.5 Å². The first-order valence-electron chi connectivity index (χ1n) is 13.1. The van der Waals surface area contributed by atoms with Gasteiger partial charge in [0.05, 0.1) is 13.0 Å². The second-order valence-corrected chi connectivity index (χ2v) is 10.6. The summed E-state index contributed by atoms with van der Waals surface area (Å²) < 4.78 is 5.89. The number of benzene rings is 2. The zero-order chi connectivity index (χ0) is 26.4. The lowest BCUT2D eigenvalue weighted by Gasteiger charge is -2.33. The minimum absolute atomic E-state index is 0.0163. The molecule has 0 bridgehead atoms. The molecule has 2 amide bonds. The maximum atomic E-state index is 11.9. The van der Waals surface area contributed by atoms with Gasteiger partial charge < -0.3 is 9.84 Å². The van der Waals surface area contributed by atoms with Gasteiger partial charge in [-0.25, -0.2) is 0 Å². The van der Waals surface area contributed by atoms with Crippen LogP contribution in [-0.2, 0) is 20.9 Å². The third kappa shape index (κ3) is 7.33. The SMILES string of the molecule is Cc1cc(CN(CC2CCCC2)[C@@H](CC(=O)O)c2ccc(Cl)cc2)ccc1OCCN1C(=O)CCC1=O. The van der Waals surface area contributed by atoms with Crippen molar-refractivity contribution in [3.63, 3.8) is 0 Å². The number of carbonyl (C=O) groups is 3. The van der Waals surface area contributed by atoms with Gasteiger partial charge in [0.15, 0.2) is 0 Å². The van der Waals surface area contributed by atoms with Crippen LogP contribution in [0.15, 0.2) is 42.5 Å². The fourth-order valence-corrected chi connectivity index (χ4v) is 5.59. The summed E-state index contributed by atoms with van der Waals surface area (Å²) in [5.41, 5.74) is 2.99. The molecule has 198 valence electrons. The van der Waals surface area contributed by atoms with Crippen LogP contribution in [0.1, 0.15) is 67.7 Å². The molecule has 1 saturated heterocycles. The van der Waals surface area contributed by atoms with Crippen LogP contribution in [0.25, 0.3) is 0 Å². The lowest BCUT2D eigenvalue weighted by molar-refractivity contribution is -0.140. The summed E-state index contributed by atoms with van der Waals surface area (Å²) in [5.74, 6) is 0.166. The van der Waals surface area contributed by atoms with E-state index in [1.165, 1.54) is 30.6 Å². The standard InChI is InChI=1S/C29H35ClN2O5/c1-20-16-22(6-11-26(20)37-15-14-32-27(33)12-13-28(32)34)19-31(18-21-4-2-3-5-21)25(17-29(35)36)23-7-9-24(30)10-8-23/h6-11,16,21,25H,2-5,12-15,17-19H2,1H3,(H,35,36)/t25-/m0/s1. The van der Waals surface area contributed by atoms with Gasteiger partial charge in [-0.05, 0) is 60.6 Å². The molecule has 1 saturated carbocycles. The molecule has 37 heavy (non-hydrogen) atoms. The van der Waals surface area contributed by atoms with Crippen molar-refractivity contribution < 1.29 is 24.2 Å². The van der Waals surface area contributed by atoms with Crippen LogP contribution in [0.4, 0.5) is 0 Å². The van der Waals surface area contributed by atoms with Crippen molar-refractivity contribution in [3.8, 4) is 5.75 Å². The molecule has 2 aromatic carbocycles. The second kappa shape index (κ2) is 12.6. The van der Waals surface area contributed by atoms with E-state index in [1.807, 2.05) is 43.3 Å².